The molecule has 0 atom stereocenters. The lowest BCUT2D eigenvalue weighted by atomic mass is 9.60. The van der Waals surface area contributed by atoms with Crippen molar-refractivity contribution in [2.24, 2.45) is 11.1 Å². The van der Waals surface area contributed by atoms with Crippen molar-refractivity contribution in [1.29, 1.82) is 0 Å². The van der Waals surface area contributed by atoms with Crippen molar-refractivity contribution < 1.29 is 0 Å². The lowest BCUT2D eigenvalue weighted by Crippen LogP contribution is -2.52. The van der Waals surface area contributed by atoms with E-state index >= 15 is 0 Å². The molecule has 2 fully saturated rings. The van der Waals surface area contributed by atoms with Gasteiger partial charge in [0.2, 0.25) is 0 Å². The minimum Gasteiger partial charge on any atom is -0.329 e. The first kappa shape index (κ1) is 12.6. The smallest absolute Gasteiger partial charge is 0.0339 e. The van der Waals surface area contributed by atoms with Gasteiger partial charge in [-0.3, -0.25) is 0 Å². The van der Waals surface area contributed by atoms with Gasteiger partial charge in [0.25, 0.3) is 0 Å². The molecular formula is C16H23NS. The normalized spacial score (nSPS) is 24.1. The van der Waals surface area contributed by atoms with Crippen molar-refractivity contribution in [3.05, 3.63) is 29.8 Å². The quantitative estimate of drug-likeness (QED) is 0.885. The average Bonchev–Trinajstić information content (AvgIpc) is 2.80. The standard InChI is InChI=1S/C16H23NS/c1-13-4-6-14(7-5-13)18-16(12-17)10-15(11-16)8-2-3-9-15/h4-7H,2-3,8-12,17H2,1H3. The van der Waals surface area contributed by atoms with E-state index in [1.807, 2.05) is 11.8 Å². The number of benzene rings is 1. The minimum absolute atomic E-state index is 0.333. The molecule has 0 radical (unpaired) electrons. The Morgan fingerprint density at radius 3 is 2.28 bits per heavy atom. The molecular weight excluding hydrogens is 238 g/mol. The molecule has 1 spiro atoms. The summed E-state index contributed by atoms with van der Waals surface area (Å²) in [5.41, 5.74) is 8.09. The highest BCUT2D eigenvalue weighted by Gasteiger charge is 2.54. The lowest BCUT2D eigenvalue weighted by molar-refractivity contribution is 0.0935. The van der Waals surface area contributed by atoms with E-state index in [1.165, 1.54) is 49.0 Å². The van der Waals surface area contributed by atoms with Gasteiger partial charge in [-0.15, -0.1) is 11.8 Å². The third-order valence-electron chi connectivity index (χ3n) is 4.79. The number of hydrogen-bond donors (Lipinski definition) is 1. The molecule has 1 nitrogen and oxygen atoms in total. The largest absolute Gasteiger partial charge is 0.329 e. The van der Waals surface area contributed by atoms with Crippen LogP contribution in [-0.4, -0.2) is 11.3 Å². The Balaban J connectivity index is 1.69. The molecule has 2 saturated carbocycles. The Bertz CT molecular complexity index is 409. The first-order valence-electron chi connectivity index (χ1n) is 7.11. The van der Waals surface area contributed by atoms with Crippen molar-refractivity contribution >= 4 is 11.8 Å². The third kappa shape index (κ3) is 2.21. The fourth-order valence-electron chi connectivity index (χ4n) is 3.91. The van der Waals surface area contributed by atoms with Crippen LogP contribution >= 0.6 is 11.8 Å². The van der Waals surface area contributed by atoms with Crippen LogP contribution in [0.3, 0.4) is 0 Å². The summed E-state index contributed by atoms with van der Waals surface area (Å²) in [4.78, 5) is 1.39. The number of hydrogen-bond acceptors (Lipinski definition) is 2. The summed E-state index contributed by atoms with van der Waals surface area (Å²) in [5.74, 6) is 0. The Hall–Kier alpha value is -0.470. The van der Waals surface area contributed by atoms with Gasteiger partial charge in [0.05, 0.1) is 0 Å². The van der Waals surface area contributed by atoms with Crippen molar-refractivity contribution in [2.45, 2.75) is 55.1 Å². The second kappa shape index (κ2) is 4.57. The molecule has 0 heterocycles. The van der Waals surface area contributed by atoms with Crippen molar-refractivity contribution in [3.63, 3.8) is 0 Å². The van der Waals surface area contributed by atoms with Gasteiger partial charge in [-0.1, -0.05) is 30.5 Å². The van der Waals surface area contributed by atoms with Crippen molar-refractivity contribution in [2.75, 3.05) is 6.54 Å². The highest BCUT2D eigenvalue weighted by molar-refractivity contribution is 8.00. The van der Waals surface area contributed by atoms with Gasteiger partial charge in [0, 0.05) is 16.2 Å². The molecule has 18 heavy (non-hydrogen) atoms. The summed E-state index contributed by atoms with van der Waals surface area (Å²) in [6, 6.07) is 8.90. The number of nitrogens with two attached hydrogens (primary N) is 1. The van der Waals surface area contributed by atoms with Gasteiger partial charge in [-0.05, 0) is 50.2 Å². The SMILES string of the molecule is Cc1ccc(SC2(CN)CC3(CCCC3)C2)cc1. The number of aryl methyl sites for hydroxylation is 1. The van der Waals surface area contributed by atoms with Gasteiger partial charge in [0.15, 0.2) is 0 Å². The molecule has 2 aliphatic rings. The van der Waals surface area contributed by atoms with Crippen LogP contribution in [0.4, 0.5) is 0 Å². The predicted molar refractivity (Wildman–Crippen MR) is 79.0 cm³/mol. The first-order chi connectivity index (χ1) is 8.65. The fraction of sp³-hybridized carbons (Fsp3) is 0.625. The van der Waals surface area contributed by atoms with Crippen LogP contribution in [0.2, 0.25) is 0 Å². The molecule has 2 N–H and O–H groups in total. The zero-order valence-electron chi connectivity index (χ0n) is 11.2. The molecule has 98 valence electrons. The highest BCUT2D eigenvalue weighted by Crippen LogP contribution is 2.63. The zero-order chi connectivity index (χ0) is 12.6. The summed E-state index contributed by atoms with van der Waals surface area (Å²) in [6.45, 7) is 2.97. The third-order valence-corrected chi connectivity index (χ3v) is 6.18. The topological polar surface area (TPSA) is 26.0 Å². The zero-order valence-corrected chi connectivity index (χ0v) is 12.1. The number of rotatable bonds is 3. The van der Waals surface area contributed by atoms with E-state index in [-0.39, 0.29) is 0 Å². The van der Waals surface area contributed by atoms with Crippen LogP contribution in [0, 0.1) is 12.3 Å². The molecule has 0 saturated heterocycles. The fourth-order valence-corrected chi connectivity index (χ4v) is 5.52. The molecule has 0 aliphatic heterocycles. The molecule has 1 aromatic carbocycles. The Morgan fingerprint density at radius 2 is 1.72 bits per heavy atom. The van der Waals surface area contributed by atoms with Crippen LogP contribution in [-0.2, 0) is 0 Å². The van der Waals surface area contributed by atoms with Crippen molar-refractivity contribution in [3.8, 4) is 0 Å². The predicted octanol–water partition coefficient (Wildman–Crippen LogP) is 4.14. The van der Waals surface area contributed by atoms with Gasteiger partial charge in [-0.2, -0.15) is 0 Å². The lowest BCUT2D eigenvalue weighted by Gasteiger charge is -2.54. The second-order valence-electron chi connectivity index (χ2n) is 6.36. The van der Waals surface area contributed by atoms with Crippen LogP contribution < -0.4 is 5.73 Å². The summed E-state index contributed by atoms with van der Waals surface area (Å²) < 4.78 is 0.333. The van der Waals surface area contributed by atoms with E-state index in [0.717, 1.165) is 6.54 Å². The molecule has 2 heteroatoms. The van der Waals surface area contributed by atoms with Crippen LogP contribution in [0.15, 0.2) is 29.2 Å². The summed E-state index contributed by atoms with van der Waals surface area (Å²) in [6.07, 6.45) is 8.46. The molecule has 0 aromatic heterocycles. The Morgan fingerprint density at radius 1 is 1.11 bits per heavy atom. The molecule has 2 aliphatic carbocycles. The highest BCUT2D eigenvalue weighted by atomic mass is 32.2. The van der Waals surface area contributed by atoms with E-state index in [9.17, 15) is 0 Å². The second-order valence-corrected chi connectivity index (χ2v) is 7.90. The molecule has 0 bridgehead atoms. The van der Waals surface area contributed by atoms with Gasteiger partial charge in [-0.25, -0.2) is 0 Å². The number of thioether (sulfide) groups is 1. The molecule has 1 aromatic rings. The average molecular weight is 261 g/mol. The Kier molecular flexibility index (Phi) is 3.19. The van der Waals surface area contributed by atoms with E-state index < -0.39 is 0 Å². The van der Waals surface area contributed by atoms with Gasteiger partial charge >= 0.3 is 0 Å². The molecule has 0 amide bonds. The summed E-state index contributed by atoms with van der Waals surface area (Å²) in [5, 5.41) is 0. The summed E-state index contributed by atoms with van der Waals surface area (Å²) in [7, 11) is 0. The monoisotopic (exact) mass is 261 g/mol. The van der Waals surface area contributed by atoms with Gasteiger partial charge in [0.1, 0.15) is 0 Å². The molecule has 0 unspecified atom stereocenters. The summed E-state index contributed by atoms with van der Waals surface area (Å²) >= 11 is 2.02. The van der Waals surface area contributed by atoms with E-state index in [2.05, 4.69) is 31.2 Å². The van der Waals surface area contributed by atoms with Crippen LogP contribution in [0.25, 0.3) is 0 Å². The minimum atomic E-state index is 0.333. The van der Waals surface area contributed by atoms with Gasteiger partial charge < -0.3 is 5.73 Å². The van der Waals surface area contributed by atoms with E-state index in [4.69, 9.17) is 5.73 Å². The maximum Gasteiger partial charge on any atom is 0.0339 e. The Labute approximate surface area is 115 Å². The van der Waals surface area contributed by atoms with E-state index in [1.54, 1.807) is 0 Å². The molecule has 3 rings (SSSR count). The maximum absolute atomic E-state index is 6.08. The first-order valence-corrected chi connectivity index (χ1v) is 7.93. The van der Waals surface area contributed by atoms with Crippen molar-refractivity contribution in [1.82, 2.24) is 0 Å². The van der Waals surface area contributed by atoms with Crippen LogP contribution in [0.5, 0.6) is 0 Å². The van der Waals surface area contributed by atoms with Crippen LogP contribution in [0.1, 0.15) is 44.1 Å². The maximum atomic E-state index is 6.08. The van der Waals surface area contributed by atoms with E-state index in [0.29, 0.717) is 10.2 Å².